The fourth-order valence-electron chi connectivity index (χ4n) is 9.14. The summed E-state index contributed by atoms with van der Waals surface area (Å²) in [7, 11) is 0. The predicted molar refractivity (Wildman–Crippen MR) is 272 cm³/mol. The molecule has 6 heteroatoms. The third kappa shape index (κ3) is 44.0. The zero-order valence-electron chi connectivity index (χ0n) is 43.3. The van der Waals surface area contributed by atoms with E-state index in [-0.39, 0.29) is 30.7 Å². The van der Waals surface area contributed by atoms with Crippen LogP contribution in [0.4, 0.5) is 0 Å². The van der Waals surface area contributed by atoms with Gasteiger partial charge in [0.15, 0.2) is 0 Å². The van der Waals surface area contributed by atoms with Crippen LogP contribution in [0.2, 0.25) is 0 Å². The van der Waals surface area contributed by atoms with E-state index in [0.717, 1.165) is 44.9 Å². The smallest absolute Gasteiger partial charge is 0.328 e. The summed E-state index contributed by atoms with van der Waals surface area (Å²) in [5, 5.41) is 3.02. The molecule has 0 aromatic carbocycles. The monoisotopic (exact) mass is 890 g/mol. The SMILES string of the molecule is CCCCCCCCCCCC(=O)N[C@@H](CCC(=O)OC[C@H](CCCCCCCC)CCCCCCCCCC)C(=O)OC[C@H](CCCCCCCC)CCCCCCCCCC. The molecule has 0 unspecified atom stereocenters. The molecule has 0 aliphatic carbocycles. The van der Waals surface area contributed by atoms with Crippen molar-refractivity contribution in [2.45, 2.75) is 323 Å². The van der Waals surface area contributed by atoms with E-state index in [2.05, 4.69) is 39.9 Å². The molecule has 374 valence electrons. The average molecular weight is 891 g/mol. The van der Waals surface area contributed by atoms with E-state index >= 15 is 0 Å². The summed E-state index contributed by atoms with van der Waals surface area (Å²) in [5.41, 5.74) is 0. The minimum Gasteiger partial charge on any atom is -0.465 e. The predicted octanol–water partition coefficient (Wildman–Crippen LogP) is 18.1. The van der Waals surface area contributed by atoms with Crippen molar-refractivity contribution in [1.29, 1.82) is 0 Å². The standard InChI is InChI=1S/C57H111NO5/c1-6-11-16-21-26-29-32-37-42-47-55(59)58-54(57(61)63-51-53(45-39-34-25-20-15-10-5)46-41-36-31-28-23-18-13-8-3)48-49-56(60)62-50-52(43-38-33-24-19-14-9-4)44-40-35-30-27-22-17-12-7-2/h52-54H,6-51H2,1-5H3,(H,58,59)/t52-,53-,54+/m1/s1. The summed E-state index contributed by atoms with van der Waals surface area (Å²) in [6, 6.07) is -0.822. The minimum atomic E-state index is -0.822. The van der Waals surface area contributed by atoms with E-state index in [1.807, 2.05) is 0 Å². The molecule has 0 rings (SSSR count). The molecule has 63 heavy (non-hydrogen) atoms. The Bertz CT molecular complexity index is 970. The number of unbranched alkanes of at least 4 members (excludes halogenated alkanes) is 32. The zero-order chi connectivity index (χ0) is 46.1. The Hall–Kier alpha value is -1.59. The molecule has 0 radical (unpaired) electrons. The maximum atomic E-state index is 13.8. The van der Waals surface area contributed by atoms with Crippen molar-refractivity contribution in [3.8, 4) is 0 Å². The van der Waals surface area contributed by atoms with E-state index in [4.69, 9.17) is 9.47 Å². The van der Waals surface area contributed by atoms with Gasteiger partial charge in [0.05, 0.1) is 13.2 Å². The van der Waals surface area contributed by atoms with E-state index in [0.29, 0.717) is 31.5 Å². The van der Waals surface area contributed by atoms with Crippen molar-refractivity contribution in [2.24, 2.45) is 11.8 Å². The molecule has 0 bridgehead atoms. The molecular formula is C57H111NO5. The molecule has 0 fully saturated rings. The zero-order valence-corrected chi connectivity index (χ0v) is 43.3. The number of amides is 1. The van der Waals surface area contributed by atoms with Gasteiger partial charge in [-0.1, -0.05) is 266 Å². The van der Waals surface area contributed by atoms with Gasteiger partial charge in [-0.3, -0.25) is 9.59 Å². The van der Waals surface area contributed by atoms with Crippen molar-refractivity contribution in [3.63, 3.8) is 0 Å². The topological polar surface area (TPSA) is 81.7 Å². The van der Waals surface area contributed by atoms with Gasteiger partial charge in [-0.25, -0.2) is 4.79 Å². The summed E-state index contributed by atoms with van der Waals surface area (Å²) in [6.07, 6.45) is 51.8. The highest BCUT2D eigenvalue weighted by Gasteiger charge is 2.25. The molecule has 3 atom stereocenters. The average Bonchev–Trinajstić information content (AvgIpc) is 3.28. The molecule has 1 amide bonds. The molecule has 6 nitrogen and oxygen atoms in total. The number of ether oxygens (including phenoxy) is 2. The highest BCUT2D eigenvalue weighted by Crippen LogP contribution is 2.23. The van der Waals surface area contributed by atoms with E-state index in [1.54, 1.807) is 0 Å². The van der Waals surface area contributed by atoms with Gasteiger partial charge >= 0.3 is 11.9 Å². The van der Waals surface area contributed by atoms with Crippen molar-refractivity contribution in [3.05, 3.63) is 0 Å². The van der Waals surface area contributed by atoms with Gasteiger partial charge in [0, 0.05) is 12.8 Å². The molecular weight excluding hydrogens is 779 g/mol. The Morgan fingerprint density at radius 2 is 0.619 bits per heavy atom. The lowest BCUT2D eigenvalue weighted by Gasteiger charge is -2.21. The lowest BCUT2D eigenvalue weighted by molar-refractivity contribution is -0.150. The van der Waals surface area contributed by atoms with Crippen LogP contribution in [0.25, 0.3) is 0 Å². The third-order valence-corrected chi connectivity index (χ3v) is 13.6. The molecule has 0 spiro atoms. The van der Waals surface area contributed by atoms with Crippen LogP contribution >= 0.6 is 0 Å². The van der Waals surface area contributed by atoms with Crippen molar-refractivity contribution >= 4 is 17.8 Å². The van der Waals surface area contributed by atoms with Crippen molar-refractivity contribution in [2.75, 3.05) is 13.2 Å². The first-order chi connectivity index (χ1) is 30.9. The Morgan fingerprint density at radius 3 is 0.952 bits per heavy atom. The molecule has 0 heterocycles. The van der Waals surface area contributed by atoms with Gasteiger partial charge in [-0.2, -0.15) is 0 Å². The van der Waals surface area contributed by atoms with Crippen molar-refractivity contribution in [1.82, 2.24) is 5.32 Å². The number of hydrogen-bond donors (Lipinski definition) is 1. The second-order valence-corrected chi connectivity index (χ2v) is 19.9. The Kier molecular flexibility index (Phi) is 48.6. The second-order valence-electron chi connectivity index (χ2n) is 19.9. The maximum absolute atomic E-state index is 13.8. The molecule has 0 saturated heterocycles. The lowest BCUT2D eigenvalue weighted by Crippen LogP contribution is -2.42. The largest absolute Gasteiger partial charge is 0.465 e. The van der Waals surface area contributed by atoms with Crippen molar-refractivity contribution < 1.29 is 23.9 Å². The molecule has 0 saturated carbocycles. The van der Waals surface area contributed by atoms with Gasteiger partial charge in [0.25, 0.3) is 0 Å². The summed E-state index contributed by atoms with van der Waals surface area (Å²) in [5.74, 6) is -0.0294. The first-order valence-electron chi connectivity index (χ1n) is 28.5. The van der Waals surface area contributed by atoms with E-state index in [1.165, 1.54) is 218 Å². The van der Waals surface area contributed by atoms with Gasteiger partial charge < -0.3 is 14.8 Å². The molecule has 0 aliphatic heterocycles. The molecule has 1 N–H and O–H groups in total. The first-order valence-corrected chi connectivity index (χ1v) is 28.5. The van der Waals surface area contributed by atoms with Crippen LogP contribution in [0.3, 0.4) is 0 Å². The van der Waals surface area contributed by atoms with Gasteiger partial charge in [0.1, 0.15) is 6.04 Å². The highest BCUT2D eigenvalue weighted by molar-refractivity contribution is 5.85. The Morgan fingerprint density at radius 1 is 0.333 bits per heavy atom. The van der Waals surface area contributed by atoms with Gasteiger partial charge in [-0.05, 0) is 50.4 Å². The lowest BCUT2D eigenvalue weighted by atomic mass is 9.94. The molecule has 0 aromatic heterocycles. The third-order valence-electron chi connectivity index (χ3n) is 13.6. The summed E-state index contributed by atoms with van der Waals surface area (Å²) >= 11 is 0. The van der Waals surface area contributed by atoms with Crippen LogP contribution in [-0.4, -0.2) is 37.1 Å². The van der Waals surface area contributed by atoms with Gasteiger partial charge in [-0.15, -0.1) is 0 Å². The van der Waals surface area contributed by atoms with Crippen LogP contribution in [-0.2, 0) is 23.9 Å². The number of rotatable bonds is 51. The summed E-state index contributed by atoms with van der Waals surface area (Å²) < 4.78 is 12.0. The second kappa shape index (κ2) is 49.8. The van der Waals surface area contributed by atoms with Gasteiger partial charge in [0.2, 0.25) is 5.91 Å². The number of esters is 2. The first kappa shape index (κ1) is 61.4. The fourth-order valence-corrected chi connectivity index (χ4v) is 9.14. The number of carbonyl (C=O) groups is 3. The highest BCUT2D eigenvalue weighted by atomic mass is 16.5. The fraction of sp³-hybridized carbons (Fsp3) is 0.947. The van der Waals surface area contributed by atoms with E-state index in [9.17, 15) is 14.4 Å². The van der Waals surface area contributed by atoms with Crippen LogP contribution in [0, 0.1) is 11.8 Å². The number of hydrogen-bond acceptors (Lipinski definition) is 5. The number of carbonyl (C=O) groups excluding carboxylic acids is 3. The summed E-state index contributed by atoms with van der Waals surface area (Å²) in [4.78, 5) is 40.4. The minimum absolute atomic E-state index is 0.110. The summed E-state index contributed by atoms with van der Waals surface area (Å²) in [6.45, 7) is 12.2. The normalized spacial score (nSPS) is 12.9. The Labute approximate surface area is 393 Å². The molecule has 0 aliphatic rings. The van der Waals surface area contributed by atoms with Crippen LogP contribution in [0.5, 0.6) is 0 Å². The quantitative estimate of drug-likeness (QED) is 0.0486. The van der Waals surface area contributed by atoms with Crippen LogP contribution in [0.1, 0.15) is 317 Å². The van der Waals surface area contributed by atoms with Crippen LogP contribution < -0.4 is 5.32 Å². The Balaban J connectivity index is 5.41. The maximum Gasteiger partial charge on any atom is 0.328 e. The van der Waals surface area contributed by atoms with Crippen LogP contribution in [0.15, 0.2) is 0 Å². The number of nitrogens with one attached hydrogen (secondary N) is 1. The van der Waals surface area contributed by atoms with E-state index < -0.39 is 6.04 Å². The molecule has 0 aromatic rings.